The van der Waals surface area contributed by atoms with Crippen molar-refractivity contribution in [2.24, 2.45) is 5.16 Å². The number of hydrogen-bond donors (Lipinski definition) is 0. The van der Waals surface area contributed by atoms with Crippen molar-refractivity contribution in [3.63, 3.8) is 0 Å². The fourth-order valence-electron chi connectivity index (χ4n) is 1.55. The maximum absolute atomic E-state index is 12.5. The van der Waals surface area contributed by atoms with Crippen LogP contribution < -0.4 is 0 Å². The minimum Gasteiger partial charge on any atom is -0.389 e. The summed E-state index contributed by atoms with van der Waals surface area (Å²) in [5, 5.41) is 4.26. The summed E-state index contributed by atoms with van der Waals surface area (Å²) in [6.07, 6.45) is -2.53. The van der Waals surface area contributed by atoms with Gasteiger partial charge in [-0.3, -0.25) is 4.98 Å². The number of hydrogen-bond acceptors (Lipinski definition) is 3. The molecule has 0 amide bonds. The largest absolute Gasteiger partial charge is 0.417 e. The molecule has 0 saturated carbocycles. The van der Waals surface area contributed by atoms with Crippen molar-refractivity contribution < 1.29 is 18.0 Å². The van der Waals surface area contributed by atoms with Gasteiger partial charge in [-0.1, -0.05) is 46.0 Å². The lowest BCUT2D eigenvalue weighted by Crippen LogP contribution is -2.06. The fraction of sp³-hybridized carbons (Fsp3) is 0.143. The molecule has 9 heteroatoms. The highest BCUT2D eigenvalue weighted by Crippen LogP contribution is 2.31. The van der Waals surface area contributed by atoms with Gasteiger partial charge in [0, 0.05) is 11.8 Å². The van der Waals surface area contributed by atoms with Gasteiger partial charge in [0.15, 0.2) is 6.61 Å². The number of alkyl halides is 3. The molecule has 1 heterocycles. The summed E-state index contributed by atoms with van der Waals surface area (Å²) in [6, 6.07) is 5.71. The minimum atomic E-state index is -4.50. The van der Waals surface area contributed by atoms with Crippen LogP contribution in [0.1, 0.15) is 16.8 Å². The number of rotatable bonds is 4. The molecule has 0 saturated heterocycles. The first kappa shape index (κ1) is 17.8. The highest BCUT2D eigenvalue weighted by molar-refractivity contribution is 6.38. The number of oxime groups is 1. The maximum Gasteiger partial charge on any atom is 0.417 e. The molecule has 3 nitrogen and oxygen atoms in total. The van der Waals surface area contributed by atoms with E-state index < -0.39 is 11.7 Å². The molecule has 0 atom stereocenters. The summed E-state index contributed by atoms with van der Waals surface area (Å²) in [4.78, 5) is 8.59. The lowest BCUT2D eigenvalue weighted by molar-refractivity contribution is -0.137. The molecule has 0 radical (unpaired) electrons. The van der Waals surface area contributed by atoms with Crippen molar-refractivity contribution in [2.75, 3.05) is 0 Å². The third-order valence-electron chi connectivity index (χ3n) is 2.70. The van der Waals surface area contributed by atoms with E-state index in [4.69, 9.17) is 39.6 Å². The van der Waals surface area contributed by atoms with E-state index in [1.807, 2.05) is 0 Å². The van der Waals surface area contributed by atoms with Gasteiger partial charge in [-0.25, -0.2) is 0 Å². The standard InChI is InChI=1S/C14H8Cl3F3N2O/c15-10-2-1-3-11(16)9(10)6-22-23-7-13-12(17)4-8(5-21-13)14(18,19)20/h1-6H,7H2. The quantitative estimate of drug-likeness (QED) is 0.508. The van der Waals surface area contributed by atoms with Gasteiger partial charge in [-0.05, 0) is 18.2 Å². The number of pyridine rings is 1. The number of halogens is 6. The first-order chi connectivity index (χ1) is 10.8. The molecule has 0 aliphatic carbocycles. The van der Waals surface area contributed by atoms with Gasteiger partial charge < -0.3 is 4.84 Å². The van der Waals surface area contributed by atoms with Crippen LogP contribution in [0, 0.1) is 0 Å². The molecule has 23 heavy (non-hydrogen) atoms. The van der Waals surface area contributed by atoms with Crippen molar-refractivity contribution in [3.8, 4) is 0 Å². The molecule has 0 fully saturated rings. The third-order valence-corrected chi connectivity index (χ3v) is 3.69. The van der Waals surface area contributed by atoms with Gasteiger partial charge in [0.2, 0.25) is 0 Å². The van der Waals surface area contributed by atoms with Crippen LogP contribution >= 0.6 is 34.8 Å². The van der Waals surface area contributed by atoms with Crippen LogP contribution in [0.15, 0.2) is 35.6 Å². The first-order valence-electron chi connectivity index (χ1n) is 6.10. The molecule has 0 N–H and O–H groups in total. The van der Waals surface area contributed by atoms with E-state index in [1.165, 1.54) is 6.21 Å². The smallest absolute Gasteiger partial charge is 0.389 e. The SMILES string of the molecule is FC(F)(F)c1cnc(CON=Cc2c(Cl)cccc2Cl)c(Cl)c1. The summed E-state index contributed by atoms with van der Waals surface area (Å²) >= 11 is 17.6. The molecule has 122 valence electrons. The van der Waals surface area contributed by atoms with Crippen LogP contribution in [0.3, 0.4) is 0 Å². The Hall–Kier alpha value is -1.50. The highest BCUT2D eigenvalue weighted by Gasteiger charge is 2.31. The van der Waals surface area contributed by atoms with Crippen LogP contribution in [0.4, 0.5) is 13.2 Å². The Morgan fingerprint density at radius 3 is 2.35 bits per heavy atom. The summed E-state index contributed by atoms with van der Waals surface area (Å²) in [6.45, 7) is -0.199. The molecule has 2 aromatic rings. The summed E-state index contributed by atoms with van der Waals surface area (Å²) in [5.74, 6) is 0. The van der Waals surface area contributed by atoms with E-state index in [2.05, 4.69) is 10.1 Å². The second-order valence-electron chi connectivity index (χ2n) is 4.29. The zero-order chi connectivity index (χ0) is 17.0. The molecule has 1 aromatic heterocycles. The summed E-state index contributed by atoms with van der Waals surface area (Å²) < 4.78 is 37.5. The number of benzene rings is 1. The lowest BCUT2D eigenvalue weighted by atomic mass is 10.2. The van der Waals surface area contributed by atoms with Crippen LogP contribution in [-0.2, 0) is 17.6 Å². The monoisotopic (exact) mass is 382 g/mol. The Labute approximate surface area is 144 Å². The average molecular weight is 384 g/mol. The van der Waals surface area contributed by atoms with E-state index in [0.29, 0.717) is 21.8 Å². The average Bonchev–Trinajstić information content (AvgIpc) is 2.46. The van der Waals surface area contributed by atoms with E-state index in [0.717, 1.165) is 6.07 Å². The molecular weight excluding hydrogens is 376 g/mol. The van der Waals surface area contributed by atoms with E-state index in [1.54, 1.807) is 18.2 Å². The Morgan fingerprint density at radius 1 is 1.13 bits per heavy atom. The van der Waals surface area contributed by atoms with Crippen molar-refractivity contribution in [3.05, 3.63) is 62.4 Å². The van der Waals surface area contributed by atoms with Crippen LogP contribution in [0.25, 0.3) is 0 Å². The van der Waals surface area contributed by atoms with Crippen LogP contribution in [-0.4, -0.2) is 11.2 Å². The Kier molecular flexibility index (Phi) is 5.73. The molecule has 0 bridgehead atoms. The Balaban J connectivity index is 2.03. The van der Waals surface area contributed by atoms with Gasteiger partial charge in [0.25, 0.3) is 0 Å². The third kappa shape index (κ3) is 4.73. The van der Waals surface area contributed by atoms with Gasteiger partial charge >= 0.3 is 6.18 Å². The van der Waals surface area contributed by atoms with Crippen LogP contribution in [0.5, 0.6) is 0 Å². The second kappa shape index (κ2) is 7.38. The second-order valence-corrected chi connectivity index (χ2v) is 5.52. The van der Waals surface area contributed by atoms with Crippen molar-refractivity contribution in [1.82, 2.24) is 4.98 Å². The fourth-order valence-corrected chi connectivity index (χ4v) is 2.27. The summed E-state index contributed by atoms with van der Waals surface area (Å²) in [7, 11) is 0. The predicted molar refractivity (Wildman–Crippen MR) is 83.1 cm³/mol. The lowest BCUT2D eigenvalue weighted by Gasteiger charge is -2.08. The summed E-state index contributed by atoms with van der Waals surface area (Å²) in [5.41, 5.74) is -0.345. The molecule has 0 spiro atoms. The van der Waals surface area contributed by atoms with Crippen LogP contribution in [0.2, 0.25) is 15.1 Å². The zero-order valence-electron chi connectivity index (χ0n) is 11.2. The molecule has 1 aromatic carbocycles. The maximum atomic E-state index is 12.5. The van der Waals surface area contributed by atoms with Crippen molar-refractivity contribution in [2.45, 2.75) is 12.8 Å². The topological polar surface area (TPSA) is 34.5 Å². The minimum absolute atomic E-state index is 0.127. The van der Waals surface area contributed by atoms with Crippen molar-refractivity contribution in [1.29, 1.82) is 0 Å². The van der Waals surface area contributed by atoms with E-state index in [9.17, 15) is 13.2 Å². The highest BCUT2D eigenvalue weighted by atomic mass is 35.5. The molecule has 2 rings (SSSR count). The molecule has 0 unspecified atom stereocenters. The Bertz CT molecular complexity index is 715. The van der Waals surface area contributed by atoms with Gasteiger partial charge in [-0.15, -0.1) is 0 Å². The number of aromatic nitrogens is 1. The normalized spacial score (nSPS) is 11.9. The van der Waals surface area contributed by atoms with E-state index in [-0.39, 0.29) is 17.3 Å². The Morgan fingerprint density at radius 2 is 1.78 bits per heavy atom. The molecule has 0 aliphatic rings. The first-order valence-corrected chi connectivity index (χ1v) is 7.23. The van der Waals surface area contributed by atoms with Gasteiger partial charge in [-0.2, -0.15) is 13.2 Å². The number of nitrogens with zero attached hydrogens (tertiary/aromatic N) is 2. The van der Waals surface area contributed by atoms with Gasteiger partial charge in [0.1, 0.15) is 0 Å². The van der Waals surface area contributed by atoms with E-state index >= 15 is 0 Å². The van der Waals surface area contributed by atoms with Gasteiger partial charge in [0.05, 0.1) is 32.5 Å². The molecule has 0 aliphatic heterocycles. The van der Waals surface area contributed by atoms with Crippen molar-refractivity contribution >= 4 is 41.0 Å². The molecular formula is C14H8Cl3F3N2O. The predicted octanol–water partition coefficient (Wildman–Crippen LogP) is 5.61. The zero-order valence-corrected chi connectivity index (χ0v) is 13.5.